The third-order valence-corrected chi connectivity index (χ3v) is 10.0. The van der Waals surface area contributed by atoms with E-state index in [0.717, 1.165) is 6.92 Å². The molecular formula is C38H67N11O14S. The number of primary amides is 2. The molecule has 0 rings (SSSR count). The van der Waals surface area contributed by atoms with Crippen molar-refractivity contribution >= 4 is 77.7 Å². The monoisotopic (exact) mass is 933 g/mol. The van der Waals surface area contributed by atoms with Crippen LogP contribution in [0.25, 0.3) is 0 Å². The van der Waals surface area contributed by atoms with E-state index in [0.29, 0.717) is 12.8 Å². The van der Waals surface area contributed by atoms with Gasteiger partial charge in [0.1, 0.15) is 42.3 Å². The van der Waals surface area contributed by atoms with Crippen molar-refractivity contribution in [1.82, 2.24) is 37.2 Å². The van der Waals surface area contributed by atoms with Crippen LogP contribution in [0, 0.1) is 11.8 Å². The van der Waals surface area contributed by atoms with Crippen LogP contribution in [0.4, 0.5) is 0 Å². The zero-order valence-electron chi connectivity index (χ0n) is 36.7. The van der Waals surface area contributed by atoms with Crippen LogP contribution in [0.2, 0.25) is 0 Å². The predicted molar refractivity (Wildman–Crippen MR) is 231 cm³/mol. The standard InChI is InChI=1S/C38H67N11O14S/c1-6-18(4)29(36(60)44-22(38(62)63)10-11-26(41)51)48-37(61)30(19(5)50)49-35(59)25(16-64)47-34(58)24(15-27(42)52)46-32(56)21(9-7-8-12-39)43-33(57)23(13-17(2)3)45-31(55)20(40)14-28(53)54/h17-25,29-30,50,64H,6-16,39-40H2,1-5H3,(H2,41,51)(H2,42,52)(H,43,57)(H,44,60)(H,45,55)(H,46,56)(H,47,58)(H,48,61)(H,49,59)(H,53,54)(H,62,63)/t18-,19+,20-,21-,22-,23-,24-,25-,29-,30-/m0/s1. The SMILES string of the molecule is CC[C@H](C)[C@H](NC(=O)[C@@H](NC(=O)[C@H](CS)NC(=O)[C@H](CC(N)=O)NC(=O)[C@H](CCCCN)NC(=O)[C@H](CC(C)C)NC(=O)[C@@H](N)CC(=O)O)[C@@H](C)O)C(=O)N[C@@H](CCC(N)=O)C(=O)O. The molecule has 9 amide bonds. The summed E-state index contributed by atoms with van der Waals surface area (Å²) < 4.78 is 0. The second kappa shape index (κ2) is 29.7. The zero-order chi connectivity index (χ0) is 49.4. The molecule has 0 saturated carbocycles. The highest BCUT2D eigenvalue weighted by Crippen LogP contribution is 2.12. The zero-order valence-corrected chi connectivity index (χ0v) is 37.6. The number of aliphatic hydroxyl groups excluding tert-OH is 1. The molecule has 0 saturated heterocycles. The van der Waals surface area contributed by atoms with Gasteiger partial charge in [0, 0.05) is 12.2 Å². The average molecular weight is 934 g/mol. The van der Waals surface area contributed by atoms with E-state index in [1.54, 1.807) is 27.7 Å². The number of amides is 9. The second-order valence-corrected chi connectivity index (χ2v) is 16.1. The molecule has 64 heavy (non-hydrogen) atoms. The number of thiol groups is 1. The van der Waals surface area contributed by atoms with Gasteiger partial charge in [-0.2, -0.15) is 12.6 Å². The molecule has 26 heteroatoms. The molecule has 25 nitrogen and oxygen atoms in total. The summed E-state index contributed by atoms with van der Waals surface area (Å²) in [6, 6.07) is -12.2. The van der Waals surface area contributed by atoms with Gasteiger partial charge in [0.15, 0.2) is 0 Å². The number of unbranched alkanes of at least 4 members (excludes halogenated alkanes) is 1. The van der Waals surface area contributed by atoms with E-state index < -0.39 is 144 Å². The normalized spacial score (nSPS) is 15.8. The highest BCUT2D eigenvalue weighted by molar-refractivity contribution is 7.80. The van der Waals surface area contributed by atoms with Crippen LogP contribution >= 0.6 is 12.6 Å². The Morgan fingerprint density at radius 2 is 1.06 bits per heavy atom. The number of carbonyl (C=O) groups excluding carboxylic acids is 9. The van der Waals surface area contributed by atoms with E-state index in [4.69, 9.17) is 28.0 Å². The molecule has 0 heterocycles. The van der Waals surface area contributed by atoms with Gasteiger partial charge in [-0.1, -0.05) is 34.1 Å². The fraction of sp³-hybridized carbons (Fsp3) is 0.711. The van der Waals surface area contributed by atoms with Crippen molar-refractivity contribution < 1.29 is 68.1 Å². The average Bonchev–Trinajstić information content (AvgIpc) is 3.19. The Bertz CT molecular complexity index is 1650. The maximum atomic E-state index is 13.7. The minimum absolute atomic E-state index is 0.0417. The minimum Gasteiger partial charge on any atom is -0.481 e. The number of nitrogens with two attached hydrogens (primary N) is 4. The molecule has 0 spiro atoms. The second-order valence-electron chi connectivity index (χ2n) is 15.7. The first-order chi connectivity index (χ1) is 29.8. The first-order valence-corrected chi connectivity index (χ1v) is 21.3. The fourth-order valence-electron chi connectivity index (χ4n) is 5.86. The molecule has 364 valence electrons. The van der Waals surface area contributed by atoms with Crippen LogP contribution in [0.3, 0.4) is 0 Å². The molecule has 0 aliphatic carbocycles. The summed E-state index contributed by atoms with van der Waals surface area (Å²) in [7, 11) is 0. The summed E-state index contributed by atoms with van der Waals surface area (Å²) >= 11 is 4.10. The summed E-state index contributed by atoms with van der Waals surface area (Å²) in [5.74, 6) is -13.0. The van der Waals surface area contributed by atoms with Crippen LogP contribution in [0.1, 0.15) is 92.4 Å². The van der Waals surface area contributed by atoms with Gasteiger partial charge in [0.25, 0.3) is 0 Å². The summed E-state index contributed by atoms with van der Waals surface area (Å²) in [6.45, 7) is 8.07. The predicted octanol–water partition coefficient (Wildman–Crippen LogP) is -5.06. The van der Waals surface area contributed by atoms with E-state index in [2.05, 4.69) is 49.8 Å². The third-order valence-electron chi connectivity index (χ3n) is 9.65. The number of aliphatic carboxylic acids is 2. The van der Waals surface area contributed by atoms with Crippen LogP contribution < -0.4 is 60.2 Å². The van der Waals surface area contributed by atoms with Crippen LogP contribution in [0.5, 0.6) is 0 Å². The van der Waals surface area contributed by atoms with Gasteiger partial charge in [-0.05, 0) is 57.4 Å². The third kappa shape index (κ3) is 22.2. The van der Waals surface area contributed by atoms with E-state index >= 15 is 0 Å². The Labute approximate surface area is 376 Å². The number of aliphatic hydroxyl groups is 1. The van der Waals surface area contributed by atoms with E-state index in [1.807, 2.05) is 0 Å². The Hall–Kier alpha value is -5.60. The largest absolute Gasteiger partial charge is 0.481 e. The number of hydrogen-bond acceptors (Lipinski definition) is 15. The van der Waals surface area contributed by atoms with E-state index in [-0.39, 0.29) is 44.6 Å². The van der Waals surface area contributed by atoms with Gasteiger partial charge in [-0.15, -0.1) is 0 Å². The maximum absolute atomic E-state index is 13.7. The molecule has 10 atom stereocenters. The molecule has 18 N–H and O–H groups in total. The lowest BCUT2D eigenvalue weighted by Gasteiger charge is -2.29. The number of nitrogens with one attached hydrogen (secondary N) is 7. The lowest BCUT2D eigenvalue weighted by Crippen LogP contribution is -2.62. The highest BCUT2D eigenvalue weighted by Gasteiger charge is 2.37. The minimum atomic E-state index is -1.77. The lowest BCUT2D eigenvalue weighted by molar-refractivity contribution is -0.143. The van der Waals surface area contributed by atoms with Gasteiger partial charge < -0.3 is 75.5 Å². The molecule has 0 aromatic carbocycles. The Morgan fingerprint density at radius 1 is 0.578 bits per heavy atom. The van der Waals surface area contributed by atoms with Crippen molar-refractivity contribution in [2.24, 2.45) is 34.8 Å². The topological polar surface area (TPSA) is 437 Å². The molecule has 0 aromatic rings. The summed E-state index contributed by atoms with van der Waals surface area (Å²) in [5, 5.41) is 45.6. The van der Waals surface area contributed by atoms with E-state index in [9.17, 15) is 63.0 Å². The Morgan fingerprint density at radius 3 is 1.55 bits per heavy atom. The van der Waals surface area contributed by atoms with E-state index in [1.165, 1.54) is 0 Å². The molecule has 0 fully saturated rings. The molecule has 0 unspecified atom stereocenters. The summed E-state index contributed by atoms with van der Waals surface area (Å²) in [4.78, 5) is 140. The molecular weight excluding hydrogens is 867 g/mol. The van der Waals surface area contributed by atoms with Crippen LogP contribution in [-0.4, -0.2) is 147 Å². The maximum Gasteiger partial charge on any atom is 0.326 e. The summed E-state index contributed by atoms with van der Waals surface area (Å²) in [6.07, 6.45) is -2.86. The molecule has 0 aliphatic rings. The smallest absolute Gasteiger partial charge is 0.326 e. The van der Waals surface area contributed by atoms with Gasteiger partial charge in [0.2, 0.25) is 53.2 Å². The van der Waals surface area contributed by atoms with Gasteiger partial charge in [-0.25, -0.2) is 4.79 Å². The first kappa shape index (κ1) is 58.4. The number of carboxylic acids is 2. The first-order valence-electron chi connectivity index (χ1n) is 20.7. The fourth-order valence-corrected chi connectivity index (χ4v) is 6.11. The van der Waals surface area contributed by atoms with Crippen molar-refractivity contribution in [3.63, 3.8) is 0 Å². The number of hydrogen-bond donors (Lipinski definition) is 15. The van der Waals surface area contributed by atoms with Crippen LogP contribution in [0.15, 0.2) is 0 Å². The number of rotatable bonds is 32. The van der Waals surface area contributed by atoms with Crippen molar-refractivity contribution in [3.05, 3.63) is 0 Å². The van der Waals surface area contributed by atoms with Gasteiger partial charge in [-0.3, -0.25) is 47.9 Å². The van der Waals surface area contributed by atoms with Crippen LogP contribution in [-0.2, 0) is 52.7 Å². The number of carbonyl (C=O) groups is 11. The molecule has 0 radical (unpaired) electrons. The molecule has 0 aliphatic heterocycles. The van der Waals surface area contributed by atoms with Crippen molar-refractivity contribution in [3.8, 4) is 0 Å². The molecule has 0 bridgehead atoms. The highest BCUT2D eigenvalue weighted by atomic mass is 32.1. The quantitative estimate of drug-likeness (QED) is 0.0222. The Balaban J connectivity index is 6.32. The Kier molecular flexibility index (Phi) is 27.1. The molecule has 0 aromatic heterocycles. The van der Waals surface area contributed by atoms with Gasteiger partial charge in [0.05, 0.1) is 25.0 Å². The van der Waals surface area contributed by atoms with Gasteiger partial charge >= 0.3 is 11.9 Å². The van der Waals surface area contributed by atoms with Crippen molar-refractivity contribution in [1.29, 1.82) is 0 Å². The van der Waals surface area contributed by atoms with Crippen molar-refractivity contribution in [2.45, 2.75) is 147 Å². The lowest BCUT2D eigenvalue weighted by atomic mass is 9.96. The summed E-state index contributed by atoms with van der Waals surface area (Å²) in [5.41, 5.74) is 21.8. The van der Waals surface area contributed by atoms with Crippen molar-refractivity contribution in [2.75, 3.05) is 12.3 Å². The number of carboxylic acid groups (broad SMARTS) is 2.